The van der Waals surface area contributed by atoms with Crippen molar-refractivity contribution in [3.8, 4) is 0 Å². The Morgan fingerprint density at radius 1 is 1.44 bits per heavy atom. The van der Waals surface area contributed by atoms with E-state index in [0.29, 0.717) is 6.10 Å². The van der Waals surface area contributed by atoms with Gasteiger partial charge in [0.25, 0.3) is 0 Å². The van der Waals surface area contributed by atoms with Gasteiger partial charge >= 0.3 is 6.09 Å². The number of carbonyl (C=O) groups is 1. The van der Waals surface area contributed by atoms with Crippen LogP contribution in [0.2, 0.25) is 0 Å². The number of hydrogen-bond donors (Lipinski definition) is 1. The number of ether oxygens (including phenoxy) is 2. The van der Waals surface area contributed by atoms with Crippen LogP contribution in [0.1, 0.15) is 47.5 Å². The molecule has 0 aromatic carbocycles. The predicted molar refractivity (Wildman–Crippen MR) is 62.4 cm³/mol. The molecule has 0 saturated carbocycles. The maximum absolute atomic E-state index is 11.5. The van der Waals surface area contributed by atoms with Gasteiger partial charge < -0.3 is 14.8 Å². The van der Waals surface area contributed by atoms with E-state index in [0.717, 1.165) is 12.8 Å². The smallest absolute Gasteiger partial charge is 0.407 e. The highest BCUT2D eigenvalue weighted by Gasteiger charge is 2.28. The molecule has 1 saturated heterocycles. The van der Waals surface area contributed by atoms with E-state index in [1.165, 1.54) is 0 Å². The molecule has 0 unspecified atom stereocenters. The van der Waals surface area contributed by atoms with Crippen LogP contribution in [0.4, 0.5) is 4.79 Å². The van der Waals surface area contributed by atoms with E-state index in [1.54, 1.807) is 0 Å². The number of nitrogens with one attached hydrogen (secondary N) is 1. The zero-order valence-corrected chi connectivity index (χ0v) is 10.9. The van der Waals surface area contributed by atoms with Crippen molar-refractivity contribution in [1.82, 2.24) is 5.32 Å². The van der Waals surface area contributed by atoms with Crippen LogP contribution >= 0.6 is 0 Å². The molecular formula is C12H23NO3. The predicted octanol–water partition coefficient (Wildman–Crippen LogP) is 2.47. The molecule has 4 nitrogen and oxygen atoms in total. The summed E-state index contributed by atoms with van der Waals surface area (Å²) in [5, 5.41) is 2.81. The van der Waals surface area contributed by atoms with Crippen LogP contribution in [-0.2, 0) is 9.47 Å². The zero-order chi connectivity index (χ0) is 12.3. The Hall–Kier alpha value is -0.770. The van der Waals surface area contributed by atoms with Crippen LogP contribution < -0.4 is 5.32 Å². The first-order chi connectivity index (χ1) is 7.28. The number of rotatable bonds is 2. The van der Waals surface area contributed by atoms with Gasteiger partial charge in [-0.2, -0.15) is 0 Å². The minimum Gasteiger partial charge on any atom is -0.444 e. The summed E-state index contributed by atoms with van der Waals surface area (Å²) in [6.45, 7) is 9.56. The summed E-state index contributed by atoms with van der Waals surface area (Å²) in [7, 11) is 0. The van der Waals surface area contributed by atoms with Crippen molar-refractivity contribution in [2.75, 3.05) is 0 Å². The SMILES string of the molecule is C[C@H](NC(=O)OC(C)(C)C)[C@@H]1CC[C@H](C)O1. The molecule has 0 bridgehead atoms. The standard InChI is InChI=1S/C12H23NO3/c1-8-6-7-10(15-8)9(2)13-11(14)16-12(3,4)5/h8-10H,6-7H2,1-5H3,(H,13,14)/t8-,9-,10-/m0/s1. The summed E-state index contributed by atoms with van der Waals surface area (Å²) >= 11 is 0. The second-order valence-electron chi connectivity index (χ2n) is 5.50. The molecule has 1 N–H and O–H groups in total. The Balaban J connectivity index is 2.34. The van der Waals surface area contributed by atoms with Gasteiger partial charge in [0.2, 0.25) is 0 Å². The molecule has 0 aliphatic carbocycles. The van der Waals surface area contributed by atoms with E-state index >= 15 is 0 Å². The van der Waals surface area contributed by atoms with Crippen LogP contribution in [0, 0.1) is 0 Å². The van der Waals surface area contributed by atoms with Gasteiger partial charge in [-0.25, -0.2) is 4.79 Å². The molecular weight excluding hydrogens is 206 g/mol. The Labute approximate surface area is 97.7 Å². The van der Waals surface area contributed by atoms with Gasteiger partial charge in [-0.05, 0) is 47.5 Å². The maximum Gasteiger partial charge on any atom is 0.407 e. The van der Waals surface area contributed by atoms with Crippen molar-refractivity contribution in [3.63, 3.8) is 0 Å². The summed E-state index contributed by atoms with van der Waals surface area (Å²) in [4.78, 5) is 11.5. The third-order valence-electron chi connectivity index (χ3n) is 2.57. The molecule has 1 heterocycles. The van der Waals surface area contributed by atoms with E-state index in [1.807, 2.05) is 27.7 Å². The fraction of sp³-hybridized carbons (Fsp3) is 0.917. The average molecular weight is 229 g/mol. The van der Waals surface area contributed by atoms with E-state index < -0.39 is 5.60 Å². The highest BCUT2D eigenvalue weighted by atomic mass is 16.6. The topological polar surface area (TPSA) is 47.6 Å². The van der Waals surface area contributed by atoms with E-state index in [2.05, 4.69) is 12.2 Å². The molecule has 1 amide bonds. The van der Waals surface area contributed by atoms with Gasteiger partial charge in [-0.15, -0.1) is 0 Å². The lowest BCUT2D eigenvalue weighted by atomic mass is 10.1. The molecule has 0 radical (unpaired) electrons. The number of amides is 1. The largest absolute Gasteiger partial charge is 0.444 e. The molecule has 1 aliphatic heterocycles. The zero-order valence-electron chi connectivity index (χ0n) is 10.9. The van der Waals surface area contributed by atoms with Gasteiger partial charge in [0.05, 0.1) is 18.2 Å². The van der Waals surface area contributed by atoms with Crippen LogP contribution in [0.3, 0.4) is 0 Å². The van der Waals surface area contributed by atoms with E-state index in [9.17, 15) is 4.79 Å². The second kappa shape index (κ2) is 5.04. The Kier molecular flexibility index (Phi) is 4.19. The fourth-order valence-corrected chi connectivity index (χ4v) is 1.79. The van der Waals surface area contributed by atoms with Crippen molar-refractivity contribution < 1.29 is 14.3 Å². The maximum atomic E-state index is 11.5. The van der Waals surface area contributed by atoms with Gasteiger partial charge in [0.15, 0.2) is 0 Å². The number of alkyl carbamates (subject to hydrolysis) is 1. The van der Waals surface area contributed by atoms with Crippen LogP contribution in [0.15, 0.2) is 0 Å². The van der Waals surface area contributed by atoms with Gasteiger partial charge in [-0.1, -0.05) is 0 Å². The molecule has 94 valence electrons. The minimum atomic E-state index is -0.451. The minimum absolute atomic E-state index is 0.000185. The first kappa shape index (κ1) is 13.3. The van der Waals surface area contributed by atoms with Crippen LogP contribution in [0.25, 0.3) is 0 Å². The third kappa shape index (κ3) is 4.39. The number of hydrogen-bond acceptors (Lipinski definition) is 3. The summed E-state index contributed by atoms with van der Waals surface area (Å²) in [6.07, 6.45) is 2.10. The van der Waals surface area contributed by atoms with Gasteiger partial charge in [-0.3, -0.25) is 0 Å². The van der Waals surface area contributed by atoms with E-state index in [-0.39, 0.29) is 18.2 Å². The normalized spacial score (nSPS) is 27.6. The van der Waals surface area contributed by atoms with Crippen molar-refractivity contribution in [3.05, 3.63) is 0 Å². The highest BCUT2D eigenvalue weighted by Crippen LogP contribution is 2.21. The fourth-order valence-electron chi connectivity index (χ4n) is 1.79. The Morgan fingerprint density at radius 3 is 2.50 bits per heavy atom. The number of carbonyl (C=O) groups excluding carboxylic acids is 1. The Bertz CT molecular complexity index is 247. The quantitative estimate of drug-likeness (QED) is 0.791. The lowest BCUT2D eigenvalue weighted by Gasteiger charge is -2.24. The Morgan fingerprint density at radius 2 is 2.06 bits per heavy atom. The van der Waals surface area contributed by atoms with Crippen LogP contribution in [0.5, 0.6) is 0 Å². The van der Waals surface area contributed by atoms with Gasteiger partial charge in [0.1, 0.15) is 5.60 Å². The van der Waals surface area contributed by atoms with E-state index in [4.69, 9.17) is 9.47 Å². The molecule has 4 heteroatoms. The second-order valence-corrected chi connectivity index (χ2v) is 5.50. The van der Waals surface area contributed by atoms with Crippen LogP contribution in [-0.4, -0.2) is 29.9 Å². The first-order valence-corrected chi connectivity index (χ1v) is 5.93. The van der Waals surface area contributed by atoms with Crippen molar-refractivity contribution in [1.29, 1.82) is 0 Å². The lowest BCUT2D eigenvalue weighted by molar-refractivity contribution is 0.0218. The molecule has 16 heavy (non-hydrogen) atoms. The van der Waals surface area contributed by atoms with Crippen molar-refractivity contribution in [2.24, 2.45) is 0 Å². The molecule has 1 fully saturated rings. The lowest BCUT2D eigenvalue weighted by Crippen LogP contribution is -2.43. The molecule has 3 atom stereocenters. The summed E-state index contributed by atoms with van der Waals surface area (Å²) < 4.78 is 10.9. The molecule has 0 aromatic heterocycles. The monoisotopic (exact) mass is 229 g/mol. The van der Waals surface area contributed by atoms with Gasteiger partial charge in [0, 0.05) is 0 Å². The van der Waals surface area contributed by atoms with Crippen molar-refractivity contribution in [2.45, 2.75) is 71.3 Å². The summed E-state index contributed by atoms with van der Waals surface area (Å²) in [5.41, 5.74) is -0.451. The average Bonchev–Trinajstić information content (AvgIpc) is 2.47. The van der Waals surface area contributed by atoms with Crippen molar-refractivity contribution >= 4 is 6.09 Å². The summed E-state index contributed by atoms with van der Waals surface area (Å²) in [5.74, 6) is 0. The highest BCUT2D eigenvalue weighted by molar-refractivity contribution is 5.68. The molecule has 1 aliphatic rings. The molecule has 0 aromatic rings. The first-order valence-electron chi connectivity index (χ1n) is 5.93. The summed E-state index contributed by atoms with van der Waals surface area (Å²) in [6, 6.07) is -0.000185. The third-order valence-corrected chi connectivity index (χ3v) is 2.57. The molecule has 0 spiro atoms. The molecule has 1 rings (SSSR count).